The van der Waals surface area contributed by atoms with Crippen LogP contribution in [-0.4, -0.2) is 30.9 Å². The smallest absolute Gasteiger partial charge is 0.220 e. The van der Waals surface area contributed by atoms with Crippen molar-refractivity contribution in [2.45, 2.75) is 45.6 Å². The molecule has 0 aliphatic rings. The van der Waals surface area contributed by atoms with Gasteiger partial charge in [0.1, 0.15) is 0 Å². The van der Waals surface area contributed by atoms with E-state index in [-0.39, 0.29) is 30.3 Å². The van der Waals surface area contributed by atoms with Crippen LogP contribution in [0.25, 0.3) is 0 Å². The fourth-order valence-electron chi connectivity index (χ4n) is 1.22. The number of carbonyl (C=O) groups is 2. The van der Waals surface area contributed by atoms with Crippen LogP contribution in [0.15, 0.2) is 0 Å². The second kappa shape index (κ2) is 11.7. The Bertz CT molecular complexity index is 223. The van der Waals surface area contributed by atoms with Crippen molar-refractivity contribution in [2.75, 3.05) is 13.1 Å². The number of hydrogen-bond acceptors (Lipinski definition) is 3. The fourth-order valence-corrected chi connectivity index (χ4v) is 1.22. The molecule has 0 aromatic rings. The summed E-state index contributed by atoms with van der Waals surface area (Å²) in [4.78, 5) is 22.5. The third kappa shape index (κ3) is 13.1. The summed E-state index contributed by atoms with van der Waals surface area (Å²) in [5.74, 6) is -0.00412. The van der Waals surface area contributed by atoms with Crippen molar-refractivity contribution in [3.05, 3.63) is 0 Å². The SMILES string of the molecule is CC(C)NC(=O)CCCC(=O)NCCCN.Cl. The van der Waals surface area contributed by atoms with E-state index in [2.05, 4.69) is 10.6 Å². The van der Waals surface area contributed by atoms with E-state index < -0.39 is 0 Å². The summed E-state index contributed by atoms with van der Waals surface area (Å²) >= 11 is 0. The van der Waals surface area contributed by atoms with Crippen molar-refractivity contribution >= 4 is 24.2 Å². The molecule has 0 unspecified atom stereocenters. The highest BCUT2D eigenvalue weighted by Crippen LogP contribution is 1.96. The first-order valence-corrected chi connectivity index (χ1v) is 5.82. The van der Waals surface area contributed by atoms with Gasteiger partial charge in [-0.3, -0.25) is 9.59 Å². The van der Waals surface area contributed by atoms with Gasteiger partial charge >= 0.3 is 0 Å². The van der Waals surface area contributed by atoms with Crippen molar-refractivity contribution in [1.82, 2.24) is 10.6 Å². The highest BCUT2D eigenvalue weighted by molar-refractivity contribution is 5.85. The fraction of sp³-hybridized carbons (Fsp3) is 0.818. The Hall–Kier alpha value is -0.810. The minimum Gasteiger partial charge on any atom is -0.356 e. The molecule has 0 aliphatic carbocycles. The normalized spacial score (nSPS) is 9.65. The quantitative estimate of drug-likeness (QED) is 0.561. The van der Waals surface area contributed by atoms with Crippen LogP contribution in [-0.2, 0) is 9.59 Å². The van der Waals surface area contributed by atoms with Crippen molar-refractivity contribution in [3.63, 3.8) is 0 Å². The number of halogens is 1. The van der Waals surface area contributed by atoms with Crippen molar-refractivity contribution in [1.29, 1.82) is 0 Å². The zero-order valence-electron chi connectivity index (χ0n) is 10.6. The molecule has 0 heterocycles. The second-order valence-corrected chi connectivity index (χ2v) is 4.07. The molecule has 0 aromatic carbocycles. The maximum absolute atomic E-state index is 11.2. The minimum absolute atomic E-state index is 0. The highest BCUT2D eigenvalue weighted by atomic mass is 35.5. The monoisotopic (exact) mass is 265 g/mol. The molecule has 2 amide bonds. The van der Waals surface area contributed by atoms with Gasteiger partial charge in [-0.1, -0.05) is 0 Å². The molecule has 6 heteroatoms. The molecule has 0 rings (SSSR count). The molecule has 0 fully saturated rings. The van der Waals surface area contributed by atoms with Crippen molar-refractivity contribution in [2.24, 2.45) is 5.73 Å². The Morgan fingerprint density at radius 3 is 2.24 bits per heavy atom. The lowest BCUT2D eigenvalue weighted by Crippen LogP contribution is -2.30. The maximum atomic E-state index is 11.2. The number of rotatable bonds is 8. The summed E-state index contributed by atoms with van der Waals surface area (Å²) in [5.41, 5.74) is 5.30. The Morgan fingerprint density at radius 2 is 1.71 bits per heavy atom. The molecular formula is C11H24ClN3O2. The lowest BCUT2D eigenvalue weighted by Gasteiger charge is -2.08. The van der Waals surface area contributed by atoms with Gasteiger partial charge in [-0.2, -0.15) is 0 Å². The Balaban J connectivity index is 0. The lowest BCUT2D eigenvalue weighted by atomic mass is 10.2. The molecule has 0 bridgehead atoms. The van der Waals surface area contributed by atoms with Crippen LogP contribution in [0.4, 0.5) is 0 Å². The molecule has 0 saturated carbocycles. The predicted molar refractivity (Wildman–Crippen MR) is 71.1 cm³/mol. The van der Waals surface area contributed by atoms with Crippen LogP contribution in [0.3, 0.4) is 0 Å². The summed E-state index contributed by atoms with van der Waals surface area (Å²) in [6, 6.07) is 0.158. The molecule has 4 N–H and O–H groups in total. The van der Waals surface area contributed by atoms with Gasteiger partial charge in [-0.25, -0.2) is 0 Å². The van der Waals surface area contributed by atoms with Crippen molar-refractivity contribution in [3.8, 4) is 0 Å². The molecule has 17 heavy (non-hydrogen) atoms. The van der Waals surface area contributed by atoms with E-state index in [1.807, 2.05) is 13.8 Å². The molecule has 0 atom stereocenters. The van der Waals surface area contributed by atoms with Gasteiger partial charge in [0.2, 0.25) is 11.8 Å². The Kier molecular flexibility index (Phi) is 12.7. The van der Waals surface area contributed by atoms with Crippen LogP contribution in [0.2, 0.25) is 0 Å². The molecule has 0 spiro atoms. The number of amides is 2. The van der Waals surface area contributed by atoms with E-state index in [1.165, 1.54) is 0 Å². The first kappa shape index (κ1) is 18.6. The lowest BCUT2D eigenvalue weighted by molar-refractivity contribution is -0.122. The molecule has 5 nitrogen and oxygen atoms in total. The summed E-state index contributed by atoms with van der Waals surface area (Å²) in [5, 5.41) is 5.53. The molecule has 0 saturated heterocycles. The zero-order valence-corrected chi connectivity index (χ0v) is 11.4. The van der Waals surface area contributed by atoms with E-state index in [0.717, 1.165) is 6.42 Å². The van der Waals surface area contributed by atoms with Crippen molar-refractivity contribution < 1.29 is 9.59 Å². The Labute approximate surface area is 109 Å². The van der Waals surface area contributed by atoms with Gasteiger partial charge in [0.15, 0.2) is 0 Å². The topological polar surface area (TPSA) is 84.2 Å². The number of nitrogens with two attached hydrogens (primary N) is 1. The van der Waals surface area contributed by atoms with Gasteiger partial charge in [-0.15, -0.1) is 12.4 Å². The van der Waals surface area contributed by atoms with Crippen LogP contribution in [0, 0.1) is 0 Å². The average Bonchev–Trinajstić information content (AvgIpc) is 2.17. The average molecular weight is 266 g/mol. The zero-order chi connectivity index (χ0) is 12.4. The third-order valence-electron chi connectivity index (χ3n) is 1.96. The summed E-state index contributed by atoms with van der Waals surface area (Å²) in [7, 11) is 0. The second-order valence-electron chi connectivity index (χ2n) is 4.07. The van der Waals surface area contributed by atoms with E-state index in [0.29, 0.717) is 32.4 Å². The molecule has 0 aromatic heterocycles. The molecule has 102 valence electrons. The number of hydrogen-bond donors (Lipinski definition) is 3. The third-order valence-corrected chi connectivity index (χ3v) is 1.96. The number of nitrogens with one attached hydrogen (secondary N) is 2. The van der Waals surface area contributed by atoms with E-state index >= 15 is 0 Å². The van der Waals surface area contributed by atoms with E-state index in [1.54, 1.807) is 0 Å². The van der Waals surface area contributed by atoms with Gasteiger partial charge in [0, 0.05) is 25.4 Å². The minimum atomic E-state index is -0.00852. The van der Waals surface area contributed by atoms with Gasteiger partial charge in [0.05, 0.1) is 0 Å². The molecule has 0 aliphatic heterocycles. The molecule has 0 radical (unpaired) electrons. The van der Waals surface area contributed by atoms with Crippen LogP contribution in [0.1, 0.15) is 39.5 Å². The summed E-state index contributed by atoms with van der Waals surface area (Å²) in [6.45, 7) is 5.03. The first-order valence-electron chi connectivity index (χ1n) is 5.82. The highest BCUT2D eigenvalue weighted by Gasteiger charge is 2.05. The number of carbonyl (C=O) groups excluding carboxylic acids is 2. The predicted octanol–water partition coefficient (Wildman–Crippen LogP) is 0.568. The van der Waals surface area contributed by atoms with Gasteiger partial charge in [0.25, 0.3) is 0 Å². The summed E-state index contributed by atoms with van der Waals surface area (Å²) < 4.78 is 0. The summed E-state index contributed by atoms with van der Waals surface area (Å²) in [6.07, 6.45) is 2.19. The first-order chi connectivity index (χ1) is 7.56. The standard InChI is InChI=1S/C11H23N3O2.ClH/c1-9(2)14-11(16)6-3-5-10(15)13-8-4-7-12;/h9H,3-8,12H2,1-2H3,(H,13,15)(H,14,16);1H. The Morgan fingerprint density at radius 1 is 1.12 bits per heavy atom. The largest absolute Gasteiger partial charge is 0.356 e. The van der Waals surface area contributed by atoms with Crippen LogP contribution < -0.4 is 16.4 Å². The van der Waals surface area contributed by atoms with Crippen LogP contribution in [0.5, 0.6) is 0 Å². The van der Waals surface area contributed by atoms with Gasteiger partial charge < -0.3 is 16.4 Å². The molecular weight excluding hydrogens is 242 g/mol. The van der Waals surface area contributed by atoms with E-state index in [4.69, 9.17) is 5.73 Å². The maximum Gasteiger partial charge on any atom is 0.220 e. The van der Waals surface area contributed by atoms with Gasteiger partial charge in [-0.05, 0) is 33.2 Å². The van der Waals surface area contributed by atoms with Crippen LogP contribution >= 0.6 is 12.4 Å². The van der Waals surface area contributed by atoms with E-state index in [9.17, 15) is 9.59 Å².